The highest BCUT2D eigenvalue weighted by Crippen LogP contribution is 2.20. The van der Waals surface area contributed by atoms with E-state index in [-0.39, 0.29) is 12.3 Å². The third kappa shape index (κ3) is 5.16. The SMILES string of the molecule is Cc1ccc(OCc2nc(CC(=O)Nc3ccc(Br)c(C)c3)cs2)cc1. The molecule has 134 valence electrons. The Labute approximate surface area is 165 Å². The number of ether oxygens (including phenoxy) is 1. The Balaban J connectivity index is 1.53. The lowest BCUT2D eigenvalue weighted by Crippen LogP contribution is -2.14. The van der Waals surface area contributed by atoms with E-state index in [1.165, 1.54) is 16.9 Å². The van der Waals surface area contributed by atoms with Crippen LogP contribution in [0.1, 0.15) is 21.8 Å². The van der Waals surface area contributed by atoms with Crippen molar-refractivity contribution in [2.24, 2.45) is 0 Å². The molecule has 3 rings (SSSR count). The number of anilines is 1. The number of hydrogen-bond acceptors (Lipinski definition) is 4. The van der Waals surface area contributed by atoms with Gasteiger partial charge in [0.1, 0.15) is 17.4 Å². The van der Waals surface area contributed by atoms with Crippen LogP contribution < -0.4 is 10.1 Å². The van der Waals surface area contributed by atoms with Crippen LogP contribution >= 0.6 is 27.3 Å². The van der Waals surface area contributed by atoms with Gasteiger partial charge in [0.15, 0.2) is 0 Å². The van der Waals surface area contributed by atoms with Crippen LogP contribution in [0.5, 0.6) is 5.75 Å². The molecular weight excluding hydrogens is 412 g/mol. The largest absolute Gasteiger partial charge is 0.486 e. The second kappa shape index (κ2) is 8.47. The summed E-state index contributed by atoms with van der Waals surface area (Å²) in [5, 5.41) is 5.66. The number of aryl methyl sites for hydroxylation is 2. The fourth-order valence-electron chi connectivity index (χ4n) is 2.37. The number of carbonyl (C=O) groups excluding carboxylic acids is 1. The molecule has 0 bridgehead atoms. The van der Waals surface area contributed by atoms with E-state index in [9.17, 15) is 4.79 Å². The monoisotopic (exact) mass is 430 g/mol. The van der Waals surface area contributed by atoms with E-state index in [0.717, 1.165) is 32.2 Å². The lowest BCUT2D eigenvalue weighted by molar-refractivity contribution is -0.115. The molecule has 0 aliphatic heterocycles. The highest BCUT2D eigenvalue weighted by molar-refractivity contribution is 9.10. The molecule has 0 saturated heterocycles. The van der Waals surface area contributed by atoms with Gasteiger partial charge in [-0.15, -0.1) is 11.3 Å². The van der Waals surface area contributed by atoms with E-state index < -0.39 is 0 Å². The summed E-state index contributed by atoms with van der Waals surface area (Å²) < 4.78 is 6.75. The van der Waals surface area contributed by atoms with Crippen molar-refractivity contribution in [1.29, 1.82) is 0 Å². The second-order valence-electron chi connectivity index (χ2n) is 6.02. The Kier molecular flexibility index (Phi) is 6.06. The summed E-state index contributed by atoms with van der Waals surface area (Å²) in [6.07, 6.45) is 0.246. The van der Waals surface area contributed by atoms with Gasteiger partial charge in [-0.3, -0.25) is 4.79 Å². The third-order valence-corrected chi connectivity index (χ3v) is 5.53. The van der Waals surface area contributed by atoms with Crippen LogP contribution in [0.2, 0.25) is 0 Å². The van der Waals surface area contributed by atoms with Gasteiger partial charge in [-0.2, -0.15) is 0 Å². The van der Waals surface area contributed by atoms with Crippen LogP contribution in [0, 0.1) is 13.8 Å². The minimum atomic E-state index is -0.0805. The van der Waals surface area contributed by atoms with Crippen LogP contribution in [0.4, 0.5) is 5.69 Å². The molecule has 0 fully saturated rings. The summed E-state index contributed by atoms with van der Waals surface area (Å²) in [4.78, 5) is 16.7. The summed E-state index contributed by atoms with van der Waals surface area (Å²) >= 11 is 4.96. The minimum absolute atomic E-state index is 0.0805. The van der Waals surface area contributed by atoms with Crippen molar-refractivity contribution in [2.75, 3.05) is 5.32 Å². The van der Waals surface area contributed by atoms with E-state index in [2.05, 4.69) is 26.2 Å². The number of amides is 1. The maximum atomic E-state index is 12.2. The first-order chi connectivity index (χ1) is 12.5. The van der Waals surface area contributed by atoms with Gasteiger partial charge in [0.05, 0.1) is 12.1 Å². The summed E-state index contributed by atoms with van der Waals surface area (Å²) in [5.41, 5.74) is 3.81. The number of benzene rings is 2. The first kappa shape index (κ1) is 18.6. The molecule has 0 unspecified atom stereocenters. The van der Waals surface area contributed by atoms with Gasteiger partial charge in [-0.05, 0) is 49.7 Å². The molecular formula is C20H19BrN2O2S. The lowest BCUT2D eigenvalue weighted by atomic mass is 10.2. The molecule has 3 aromatic rings. The number of thiazole rings is 1. The Morgan fingerprint density at radius 1 is 1.19 bits per heavy atom. The summed E-state index contributed by atoms with van der Waals surface area (Å²) in [5.74, 6) is 0.735. The van der Waals surface area contributed by atoms with Gasteiger partial charge in [0, 0.05) is 15.5 Å². The van der Waals surface area contributed by atoms with Gasteiger partial charge in [-0.1, -0.05) is 33.6 Å². The molecule has 26 heavy (non-hydrogen) atoms. The van der Waals surface area contributed by atoms with Crippen molar-refractivity contribution in [3.05, 3.63) is 74.1 Å². The lowest BCUT2D eigenvalue weighted by Gasteiger charge is -2.06. The first-order valence-electron chi connectivity index (χ1n) is 8.18. The van der Waals surface area contributed by atoms with Gasteiger partial charge in [0.2, 0.25) is 5.91 Å². The van der Waals surface area contributed by atoms with Gasteiger partial charge in [0.25, 0.3) is 0 Å². The fraction of sp³-hybridized carbons (Fsp3) is 0.200. The number of hydrogen-bond donors (Lipinski definition) is 1. The maximum absolute atomic E-state index is 12.2. The summed E-state index contributed by atoms with van der Waals surface area (Å²) in [6, 6.07) is 13.6. The van der Waals surface area contributed by atoms with Gasteiger partial charge < -0.3 is 10.1 Å². The zero-order chi connectivity index (χ0) is 18.5. The van der Waals surface area contributed by atoms with Crippen molar-refractivity contribution >= 4 is 38.9 Å². The predicted octanol–water partition coefficient (Wildman–Crippen LogP) is 5.28. The molecule has 1 N–H and O–H groups in total. The van der Waals surface area contributed by atoms with Crippen molar-refractivity contribution in [3.63, 3.8) is 0 Å². The smallest absolute Gasteiger partial charge is 0.230 e. The molecule has 1 aromatic heterocycles. The highest BCUT2D eigenvalue weighted by Gasteiger charge is 2.09. The van der Waals surface area contributed by atoms with Crippen molar-refractivity contribution < 1.29 is 9.53 Å². The molecule has 0 aliphatic carbocycles. The number of aromatic nitrogens is 1. The average Bonchev–Trinajstić information content (AvgIpc) is 3.05. The van der Waals surface area contributed by atoms with Crippen LogP contribution in [-0.2, 0) is 17.8 Å². The normalized spacial score (nSPS) is 10.6. The molecule has 0 radical (unpaired) electrons. The van der Waals surface area contributed by atoms with Crippen molar-refractivity contribution in [2.45, 2.75) is 26.9 Å². The minimum Gasteiger partial charge on any atom is -0.486 e. The average molecular weight is 431 g/mol. The van der Waals surface area contributed by atoms with Crippen LogP contribution in [0.15, 0.2) is 52.3 Å². The van der Waals surface area contributed by atoms with Crippen LogP contribution in [-0.4, -0.2) is 10.9 Å². The van der Waals surface area contributed by atoms with Crippen LogP contribution in [0.25, 0.3) is 0 Å². The maximum Gasteiger partial charge on any atom is 0.230 e. The second-order valence-corrected chi connectivity index (χ2v) is 7.82. The Bertz CT molecular complexity index is 906. The van der Waals surface area contributed by atoms with Gasteiger partial charge >= 0.3 is 0 Å². The van der Waals surface area contributed by atoms with Gasteiger partial charge in [-0.25, -0.2) is 4.98 Å². The molecule has 0 spiro atoms. The summed E-state index contributed by atoms with van der Waals surface area (Å²) in [6.45, 7) is 4.43. The Morgan fingerprint density at radius 2 is 1.96 bits per heavy atom. The molecule has 0 saturated carbocycles. The molecule has 0 aliphatic rings. The molecule has 1 amide bonds. The third-order valence-electron chi connectivity index (χ3n) is 3.77. The van der Waals surface area contributed by atoms with E-state index in [0.29, 0.717) is 6.61 Å². The number of halogens is 1. The number of nitrogens with zero attached hydrogens (tertiary/aromatic N) is 1. The van der Waals surface area contributed by atoms with E-state index in [4.69, 9.17) is 4.74 Å². The molecule has 2 aromatic carbocycles. The quantitative estimate of drug-likeness (QED) is 0.578. The standard InChI is InChI=1S/C20H19BrN2O2S/c1-13-3-6-17(7-4-13)25-11-20-23-16(12-26-20)10-19(24)22-15-5-8-18(21)14(2)9-15/h3-9,12H,10-11H2,1-2H3,(H,22,24). The molecule has 4 nitrogen and oxygen atoms in total. The Hall–Kier alpha value is -2.18. The fourth-order valence-corrected chi connectivity index (χ4v) is 3.32. The van der Waals surface area contributed by atoms with E-state index in [1.54, 1.807) is 0 Å². The summed E-state index contributed by atoms with van der Waals surface area (Å²) in [7, 11) is 0. The first-order valence-corrected chi connectivity index (χ1v) is 9.85. The Morgan fingerprint density at radius 3 is 2.69 bits per heavy atom. The molecule has 0 atom stereocenters. The zero-order valence-corrected chi connectivity index (χ0v) is 17.0. The molecule has 1 heterocycles. The topological polar surface area (TPSA) is 51.2 Å². The number of carbonyl (C=O) groups is 1. The molecule has 6 heteroatoms. The van der Waals surface area contributed by atoms with Crippen LogP contribution in [0.3, 0.4) is 0 Å². The van der Waals surface area contributed by atoms with E-state index >= 15 is 0 Å². The number of rotatable bonds is 6. The predicted molar refractivity (Wildman–Crippen MR) is 109 cm³/mol. The van der Waals surface area contributed by atoms with Crippen molar-refractivity contribution in [1.82, 2.24) is 4.98 Å². The highest BCUT2D eigenvalue weighted by atomic mass is 79.9. The van der Waals surface area contributed by atoms with E-state index in [1.807, 2.05) is 61.7 Å². The number of nitrogens with one attached hydrogen (secondary N) is 1. The zero-order valence-electron chi connectivity index (χ0n) is 14.6. The van der Waals surface area contributed by atoms with Crippen molar-refractivity contribution in [3.8, 4) is 5.75 Å².